The number of aromatic nitrogens is 1. The molecule has 0 spiro atoms. The number of hydrogen-bond acceptors (Lipinski definition) is 3. The second-order valence-electron chi connectivity index (χ2n) is 2.26. The van der Waals surface area contributed by atoms with Crippen molar-refractivity contribution in [2.75, 3.05) is 0 Å². The molecule has 0 N–H and O–H groups in total. The normalized spacial score (nSPS) is 10.0. The van der Waals surface area contributed by atoms with Crippen LogP contribution in [-0.2, 0) is 0 Å². The van der Waals surface area contributed by atoms with E-state index in [1.165, 1.54) is 0 Å². The van der Waals surface area contributed by atoms with Crippen molar-refractivity contribution < 1.29 is 4.42 Å². The summed E-state index contributed by atoms with van der Waals surface area (Å²) in [7, 11) is 0. The summed E-state index contributed by atoms with van der Waals surface area (Å²) in [6.45, 7) is 0. The van der Waals surface area contributed by atoms with E-state index in [1.54, 1.807) is 18.2 Å². The lowest BCUT2D eigenvalue weighted by atomic mass is 10.2. The zero-order chi connectivity index (χ0) is 8.55. The highest BCUT2D eigenvalue weighted by molar-refractivity contribution is 9.10. The molecule has 0 saturated carbocycles. The fourth-order valence-electron chi connectivity index (χ4n) is 0.966. The molecule has 0 atom stereocenters. The minimum absolute atomic E-state index is 0.438. The van der Waals surface area contributed by atoms with Crippen LogP contribution in [0, 0.1) is 11.3 Å². The lowest BCUT2D eigenvalue weighted by molar-refractivity contribution is 0.570. The first-order chi connectivity index (χ1) is 5.79. The molecule has 1 aromatic heterocycles. The van der Waals surface area contributed by atoms with Crippen LogP contribution in [0.1, 0.15) is 5.56 Å². The van der Waals surface area contributed by atoms with Gasteiger partial charge in [-0.05, 0) is 12.1 Å². The maximum atomic E-state index is 8.58. The molecule has 58 valence electrons. The number of benzene rings is 1. The molecule has 0 aliphatic carbocycles. The van der Waals surface area contributed by atoms with Gasteiger partial charge in [-0.3, -0.25) is 0 Å². The van der Waals surface area contributed by atoms with Crippen molar-refractivity contribution in [3.63, 3.8) is 0 Å². The lowest BCUT2D eigenvalue weighted by Gasteiger charge is -1.85. The van der Waals surface area contributed by atoms with Crippen LogP contribution in [0.4, 0.5) is 0 Å². The lowest BCUT2D eigenvalue weighted by Crippen LogP contribution is -1.72. The zero-order valence-electron chi connectivity index (χ0n) is 5.91. The number of nitrogens with zero attached hydrogens (tertiary/aromatic N) is 2. The number of fused-ring (bicyclic) bond motifs is 1. The van der Waals surface area contributed by atoms with Crippen LogP contribution in [0.2, 0.25) is 0 Å². The van der Waals surface area contributed by atoms with E-state index in [0.29, 0.717) is 15.9 Å². The summed E-state index contributed by atoms with van der Waals surface area (Å²) < 4.78 is 5.16. The highest BCUT2D eigenvalue weighted by Gasteiger charge is 2.02. The van der Waals surface area contributed by atoms with Gasteiger partial charge in [0, 0.05) is 22.0 Å². The molecule has 2 rings (SSSR count). The van der Waals surface area contributed by atoms with E-state index in [1.807, 2.05) is 6.07 Å². The van der Waals surface area contributed by atoms with Crippen molar-refractivity contribution in [1.82, 2.24) is 4.98 Å². The third-order valence-corrected chi connectivity index (χ3v) is 1.83. The van der Waals surface area contributed by atoms with E-state index in [-0.39, 0.29) is 0 Å². The molecule has 3 nitrogen and oxygen atoms in total. The molecule has 4 heteroatoms. The largest absolute Gasteiger partial charge is 0.431 e. The minimum Gasteiger partial charge on any atom is -0.431 e. The Bertz CT molecular complexity index is 469. The average Bonchev–Trinajstić information content (AvgIpc) is 2.43. The van der Waals surface area contributed by atoms with Crippen molar-refractivity contribution in [2.24, 2.45) is 0 Å². The molecule has 1 aromatic carbocycles. The van der Waals surface area contributed by atoms with Gasteiger partial charge in [0.1, 0.15) is 5.52 Å². The Labute approximate surface area is 76.8 Å². The van der Waals surface area contributed by atoms with Crippen LogP contribution in [0.25, 0.3) is 11.1 Å². The number of oxazole rings is 1. The Kier molecular flexibility index (Phi) is 1.59. The second-order valence-corrected chi connectivity index (χ2v) is 2.94. The van der Waals surface area contributed by atoms with E-state index in [2.05, 4.69) is 20.9 Å². The maximum absolute atomic E-state index is 8.58. The molecule has 0 aliphatic heterocycles. The molecule has 0 amide bonds. The van der Waals surface area contributed by atoms with Crippen molar-refractivity contribution >= 4 is 27.0 Å². The molecule has 1 heterocycles. The highest BCUT2D eigenvalue weighted by atomic mass is 79.9. The molecule has 0 unspecified atom stereocenters. The fourth-order valence-corrected chi connectivity index (χ4v) is 1.33. The first kappa shape index (κ1) is 7.32. The molecule has 0 bridgehead atoms. The minimum atomic E-state index is 0.438. The van der Waals surface area contributed by atoms with E-state index >= 15 is 0 Å². The van der Waals surface area contributed by atoms with Crippen LogP contribution in [0.15, 0.2) is 27.4 Å². The SMILES string of the molecule is N#Cc1ccc2nc(Br)oc2c1. The van der Waals surface area contributed by atoms with Gasteiger partial charge < -0.3 is 4.42 Å². The van der Waals surface area contributed by atoms with Crippen LogP contribution in [-0.4, -0.2) is 4.98 Å². The molecular formula is C8H3BrN2O. The summed E-state index contributed by atoms with van der Waals surface area (Å²) in [5, 5.41) is 8.58. The summed E-state index contributed by atoms with van der Waals surface area (Å²) in [5.74, 6) is 0. The first-order valence-corrected chi connectivity index (χ1v) is 4.05. The van der Waals surface area contributed by atoms with Crippen molar-refractivity contribution in [3.8, 4) is 6.07 Å². The standard InChI is InChI=1S/C8H3BrN2O/c9-8-11-6-2-1-5(4-10)3-7(6)12-8/h1-3H. The molecule has 12 heavy (non-hydrogen) atoms. The summed E-state index contributed by atoms with van der Waals surface area (Å²) in [5.41, 5.74) is 1.95. The van der Waals surface area contributed by atoms with Crippen molar-refractivity contribution in [1.29, 1.82) is 5.26 Å². The van der Waals surface area contributed by atoms with Gasteiger partial charge in [-0.25, -0.2) is 4.98 Å². The maximum Gasteiger partial charge on any atom is 0.265 e. The van der Waals surface area contributed by atoms with Gasteiger partial charge in [-0.2, -0.15) is 5.26 Å². The van der Waals surface area contributed by atoms with Gasteiger partial charge >= 0.3 is 0 Å². The first-order valence-electron chi connectivity index (χ1n) is 3.26. The Morgan fingerprint density at radius 3 is 3.08 bits per heavy atom. The number of hydrogen-bond donors (Lipinski definition) is 0. The molecular weight excluding hydrogens is 220 g/mol. The summed E-state index contributed by atoms with van der Waals surface area (Å²) >= 11 is 3.11. The number of rotatable bonds is 0. The summed E-state index contributed by atoms with van der Waals surface area (Å²) in [4.78, 5) is 4.47. The Morgan fingerprint density at radius 2 is 2.33 bits per heavy atom. The predicted octanol–water partition coefficient (Wildman–Crippen LogP) is 2.46. The zero-order valence-corrected chi connectivity index (χ0v) is 7.50. The monoisotopic (exact) mass is 222 g/mol. The predicted molar refractivity (Wildman–Crippen MR) is 46.4 cm³/mol. The van der Waals surface area contributed by atoms with Gasteiger partial charge in [0.2, 0.25) is 0 Å². The van der Waals surface area contributed by atoms with Gasteiger partial charge in [-0.15, -0.1) is 0 Å². The number of nitriles is 1. The summed E-state index contributed by atoms with van der Waals surface area (Å²) in [6, 6.07) is 7.14. The van der Waals surface area contributed by atoms with Crippen LogP contribution in [0.5, 0.6) is 0 Å². The topological polar surface area (TPSA) is 49.8 Å². The van der Waals surface area contributed by atoms with Gasteiger partial charge in [-0.1, -0.05) is 0 Å². The van der Waals surface area contributed by atoms with E-state index < -0.39 is 0 Å². The highest BCUT2D eigenvalue weighted by Crippen LogP contribution is 2.19. The van der Waals surface area contributed by atoms with E-state index in [0.717, 1.165) is 5.52 Å². The van der Waals surface area contributed by atoms with Gasteiger partial charge in [0.05, 0.1) is 11.6 Å². The molecule has 0 aliphatic rings. The van der Waals surface area contributed by atoms with Crippen molar-refractivity contribution in [3.05, 3.63) is 28.6 Å². The van der Waals surface area contributed by atoms with Crippen LogP contribution >= 0.6 is 15.9 Å². The second kappa shape index (κ2) is 2.61. The number of halogens is 1. The average molecular weight is 223 g/mol. The third kappa shape index (κ3) is 1.08. The Morgan fingerprint density at radius 1 is 1.50 bits per heavy atom. The van der Waals surface area contributed by atoms with Crippen LogP contribution < -0.4 is 0 Å². The quantitative estimate of drug-likeness (QED) is 0.689. The van der Waals surface area contributed by atoms with E-state index in [4.69, 9.17) is 9.68 Å². The molecule has 0 radical (unpaired) electrons. The summed E-state index contributed by atoms with van der Waals surface area (Å²) in [6.07, 6.45) is 0. The van der Waals surface area contributed by atoms with Crippen molar-refractivity contribution in [2.45, 2.75) is 0 Å². The van der Waals surface area contributed by atoms with E-state index in [9.17, 15) is 0 Å². The molecule has 2 aromatic rings. The fraction of sp³-hybridized carbons (Fsp3) is 0. The Hall–Kier alpha value is -1.34. The molecule has 0 fully saturated rings. The van der Waals surface area contributed by atoms with Gasteiger partial charge in [0.15, 0.2) is 5.58 Å². The Balaban J connectivity index is 2.77. The van der Waals surface area contributed by atoms with Crippen LogP contribution in [0.3, 0.4) is 0 Å². The molecule has 0 saturated heterocycles. The smallest absolute Gasteiger partial charge is 0.265 e. The van der Waals surface area contributed by atoms with Gasteiger partial charge in [0.25, 0.3) is 4.80 Å². The third-order valence-electron chi connectivity index (χ3n) is 1.49.